The topological polar surface area (TPSA) is 13.1 Å². The van der Waals surface area contributed by atoms with E-state index in [0.717, 1.165) is 17.0 Å². The number of methoxy groups -OCH3 is 1. The van der Waals surface area contributed by atoms with Crippen molar-refractivity contribution in [3.63, 3.8) is 0 Å². The fourth-order valence-electron chi connectivity index (χ4n) is 1.64. The second-order valence-corrected chi connectivity index (χ2v) is 3.85. The second kappa shape index (κ2) is 5.30. The monoisotopic (exact) mass is 226 g/mol. The van der Waals surface area contributed by atoms with Gasteiger partial charge in [-0.2, -0.15) is 0 Å². The number of aromatic nitrogens is 1. The Labute approximate surface area is 102 Å². The number of aryl methyl sites for hydroxylation is 1. The molecule has 0 bridgehead atoms. The summed E-state index contributed by atoms with van der Waals surface area (Å²) in [5.74, 6) is 0.879. The Balaban J connectivity index is 2.23. The highest BCUT2D eigenvalue weighted by Crippen LogP contribution is 2.14. The van der Waals surface area contributed by atoms with Gasteiger partial charge in [-0.25, -0.2) is 4.57 Å². The van der Waals surface area contributed by atoms with Crippen LogP contribution in [0.25, 0.3) is 12.2 Å². The van der Waals surface area contributed by atoms with E-state index in [1.165, 1.54) is 0 Å². The molecule has 0 saturated heterocycles. The summed E-state index contributed by atoms with van der Waals surface area (Å²) in [6.45, 7) is 0. The van der Waals surface area contributed by atoms with Gasteiger partial charge in [-0.15, -0.1) is 0 Å². The molecule has 0 aliphatic heterocycles. The SMILES string of the molecule is COc1cccc(/C=C/c2cccc[n+]2C)c1. The summed E-state index contributed by atoms with van der Waals surface area (Å²) in [6.07, 6.45) is 6.21. The van der Waals surface area contributed by atoms with E-state index in [9.17, 15) is 0 Å². The van der Waals surface area contributed by atoms with E-state index in [-0.39, 0.29) is 0 Å². The average Bonchev–Trinajstić information content (AvgIpc) is 2.38. The van der Waals surface area contributed by atoms with Gasteiger partial charge in [0.05, 0.1) is 7.11 Å². The minimum absolute atomic E-state index is 0.879. The van der Waals surface area contributed by atoms with E-state index in [0.29, 0.717) is 0 Å². The molecule has 2 heteroatoms. The largest absolute Gasteiger partial charge is 0.497 e. The van der Waals surface area contributed by atoms with Gasteiger partial charge in [0.2, 0.25) is 5.69 Å². The average molecular weight is 226 g/mol. The molecule has 0 unspecified atom stereocenters. The Kier molecular flexibility index (Phi) is 3.55. The number of pyridine rings is 1. The maximum Gasteiger partial charge on any atom is 0.204 e. The lowest BCUT2D eigenvalue weighted by Gasteiger charge is -1.99. The number of benzene rings is 1. The minimum atomic E-state index is 0.879. The molecule has 2 rings (SSSR count). The summed E-state index contributed by atoms with van der Waals surface area (Å²) in [7, 11) is 3.71. The van der Waals surface area contributed by atoms with E-state index in [1.807, 2.05) is 43.6 Å². The molecular formula is C15H16NO+. The van der Waals surface area contributed by atoms with Crippen LogP contribution < -0.4 is 9.30 Å². The number of hydrogen-bond acceptors (Lipinski definition) is 1. The number of rotatable bonds is 3. The number of hydrogen-bond donors (Lipinski definition) is 0. The van der Waals surface area contributed by atoms with Crippen LogP contribution in [0.15, 0.2) is 48.7 Å². The lowest BCUT2D eigenvalue weighted by molar-refractivity contribution is -0.673. The van der Waals surface area contributed by atoms with Crippen LogP contribution in [0.3, 0.4) is 0 Å². The zero-order valence-corrected chi connectivity index (χ0v) is 10.1. The van der Waals surface area contributed by atoms with Gasteiger partial charge in [0.25, 0.3) is 0 Å². The van der Waals surface area contributed by atoms with Crippen LogP contribution in [0.2, 0.25) is 0 Å². The van der Waals surface area contributed by atoms with Crippen molar-refractivity contribution in [3.05, 3.63) is 59.9 Å². The Bertz CT molecular complexity index is 532. The maximum absolute atomic E-state index is 5.19. The van der Waals surface area contributed by atoms with Crippen LogP contribution >= 0.6 is 0 Å². The van der Waals surface area contributed by atoms with Gasteiger partial charge in [0.15, 0.2) is 6.20 Å². The van der Waals surface area contributed by atoms with E-state index < -0.39 is 0 Å². The van der Waals surface area contributed by atoms with E-state index in [1.54, 1.807) is 7.11 Å². The first kappa shape index (κ1) is 11.4. The third kappa shape index (κ3) is 2.94. The molecule has 0 spiro atoms. The molecule has 0 amide bonds. The second-order valence-electron chi connectivity index (χ2n) is 3.85. The molecule has 2 nitrogen and oxygen atoms in total. The van der Waals surface area contributed by atoms with Gasteiger partial charge in [-0.05, 0) is 29.8 Å². The molecule has 1 heterocycles. The van der Waals surface area contributed by atoms with Crippen LogP contribution in [0.1, 0.15) is 11.3 Å². The molecule has 0 atom stereocenters. The summed E-state index contributed by atoms with van der Waals surface area (Å²) in [5, 5.41) is 0. The molecule has 0 fully saturated rings. The molecule has 0 aliphatic rings. The molecule has 0 aliphatic carbocycles. The first-order chi connectivity index (χ1) is 8.29. The Morgan fingerprint density at radius 3 is 2.71 bits per heavy atom. The van der Waals surface area contributed by atoms with E-state index in [2.05, 4.69) is 28.9 Å². The lowest BCUT2D eigenvalue weighted by atomic mass is 10.2. The van der Waals surface area contributed by atoms with Gasteiger partial charge in [-0.1, -0.05) is 12.1 Å². The van der Waals surface area contributed by atoms with Crippen LogP contribution in [-0.4, -0.2) is 7.11 Å². The fraction of sp³-hybridized carbons (Fsp3) is 0.133. The first-order valence-electron chi connectivity index (χ1n) is 5.56. The molecule has 0 saturated carbocycles. The molecule has 2 aromatic rings. The van der Waals surface area contributed by atoms with Crippen molar-refractivity contribution in [1.29, 1.82) is 0 Å². The predicted molar refractivity (Wildman–Crippen MR) is 69.5 cm³/mol. The fourth-order valence-corrected chi connectivity index (χ4v) is 1.64. The van der Waals surface area contributed by atoms with E-state index in [4.69, 9.17) is 4.74 Å². The maximum atomic E-state index is 5.19. The first-order valence-corrected chi connectivity index (χ1v) is 5.56. The van der Waals surface area contributed by atoms with E-state index >= 15 is 0 Å². The molecular weight excluding hydrogens is 210 g/mol. The lowest BCUT2D eigenvalue weighted by Crippen LogP contribution is -2.30. The number of nitrogens with zero attached hydrogens (tertiary/aromatic N) is 1. The summed E-state index contributed by atoms with van der Waals surface area (Å²) >= 11 is 0. The molecule has 17 heavy (non-hydrogen) atoms. The van der Waals surface area contributed by atoms with Crippen LogP contribution in [0.5, 0.6) is 5.75 Å². The van der Waals surface area contributed by atoms with Gasteiger partial charge in [-0.3, -0.25) is 0 Å². The summed E-state index contributed by atoms with van der Waals surface area (Å²) in [4.78, 5) is 0. The zero-order valence-electron chi connectivity index (χ0n) is 10.1. The Morgan fingerprint density at radius 2 is 1.94 bits per heavy atom. The highest BCUT2D eigenvalue weighted by atomic mass is 16.5. The van der Waals surface area contributed by atoms with Gasteiger partial charge in [0.1, 0.15) is 12.8 Å². The highest BCUT2D eigenvalue weighted by Gasteiger charge is 1.99. The van der Waals surface area contributed by atoms with Crippen molar-refractivity contribution < 1.29 is 9.30 Å². The summed E-state index contributed by atoms with van der Waals surface area (Å²) < 4.78 is 7.27. The van der Waals surface area contributed by atoms with Crippen molar-refractivity contribution >= 4 is 12.2 Å². The minimum Gasteiger partial charge on any atom is -0.497 e. The van der Waals surface area contributed by atoms with Gasteiger partial charge < -0.3 is 4.74 Å². The van der Waals surface area contributed by atoms with Gasteiger partial charge >= 0.3 is 0 Å². The molecule has 86 valence electrons. The van der Waals surface area contributed by atoms with Crippen LogP contribution in [-0.2, 0) is 7.05 Å². The van der Waals surface area contributed by atoms with Crippen LogP contribution in [0.4, 0.5) is 0 Å². The Morgan fingerprint density at radius 1 is 1.06 bits per heavy atom. The summed E-state index contributed by atoms with van der Waals surface area (Å²) in [6, 6.07) is 14.1. The highest BCUT2D eigenvalue weighted by molar-refractivity contribution is 5.67. The van der Waals surface area contributed by atoms with Gasteiger partial charge in [0, 0.05) is 18.2 Å². The molecule has 0 radical (unpaired) electrons. The zero-order chi connectivity index (χ0) is 12.1. The smallest absolute Gasteiger partial charge is 0.204 e. The number of ether oxygens (including phenoxy) is 1. The Hall–Kier alpha value is -2.09. The van der Waals surface area contributed by atoms with Crippen molar-refractivity contribution in [2.75, 3.05) is 7.11 Å². The van der Waals surface area contributed by atoms with Crippen molar-refractivity contribution in [2.24, 2.45) is 7.05 Å². The van der Waals surface area contributed by atoms with Crippen LogP contribution in [0, 0.1) is 0 Å². The van der Waals surface area contributed by atoms with Crippen molar-refractivity contribution in [3.8, 4) is 5.75 Å². The summed E-state index contributed by atoms with van der Waals surface area (Å²) in [5.41, 5.74) is 2.29. The molecule has 0 N–H and O–H groups in total. The normalized spacial score (nSPS) is 10.7. The third-order valence-corrected chi connectivity index (χ3v) is 2.64. The third-order valence-electron chi connectivity index (χ3n) is 2.64. The predicted octanol–water partition coefficient (Wildman–Crippen LogP) is 2.69. The van der Waals surface area contributed by atoms with Crippen molar-refractivity contribution in [2.45, 2.75) is 0 Å². The molecule has 1 aromatic carbocycles. The van der Waals surface area contributed by atoms with Crippen molar-refractivity contribution in [1.82, 2.24) is 0 Å². The quantitative estimate of drug-likeness (QED) is 0.733. The molecule has 1 aromatic heterocycles. The standard InChI is InChI=1S/C15H16NO/c1-16-11-4-3-7-14(16)10-9-13-6-5-8-15(12-13)17-2/h3-12H,1-2H3/q+1/b10-9+.